The normalized spacial score (nSPS) is 16.0. The molecule has 0 aromatic heterocycles. The first-order chi connectivity index (χ1) is 10.9. The third-order valence-electron chi connectivity index (χ3n) is 4.22. The van der Waals surface area contributed by atoms with Crippen molar-refractivity contribution in [3.63, 3.8) is 0 Å². The monoisotopic (exact) mass is 320 g/mol. The molecule has 0 saturated heterocycles. The van der Waals surface area contributed by atoms with Crippen LogP contribution in [0, 0.1) is 10.1 Å². The molecule has 1 amide bonds. The molecule has 1 aromatic rings. The Kier molecular flexibility index (Phi) is 5.31. The van der Waals surface area contributed by atoms with Crippen molar-refractivity contribution in [2.75, 3.05) is 0 Å². The van der Waals surface area contributed by atoms with Crippen LogP contribution in [0.15, 0.2) is 24.3 Å². The van der Waals surface area contributed by atoms with Crippen molar-refractivity contribution in [2.45, 2.75) is 50.5 Å². The first-order valence-electron chi connectivity index (χ1n) is 7.66. The van der Waals surface area contributed by atoms with Gasteiger partial charge in [-0.1, -0.05) is 25.0 Å². The zero-order chi connectivity index (χ0) is 16.9. The van der Waals surface area contributed by atoms with E-state index in [0.29, 0.717) is 24.8 Å². The molecule has 0 spiro atoms. The molecule has 23 heavy (non-hydrogen) atoms. The van der Waals surface area contributed by atoms with E-state index in [1.54, 1.807) is 12.1 Å². The van der Waals surface area contributed by atoms with Crippen LogP contribution < -0.4 is 5.32 Å². The molecule has 0 heterocycles. The molecule has 1 aliphatic carbocycles. The molecule has 1 saturated carbocycles. The molecule has 2 rings (SSSR count). The first kappa shape index (κ1) is 16.9. The number of amides is 1. The smallest absolute Gasteiger partial charge is 0.305 e. The summed E-state index contributed by atoms with van der Waals surface area (Å²) in [4.78, 5) is 33.4. The van der Waals surface area contributed by atoms with Gasteiger partial charge in [-0.25, -0.2) is 0 Å². The van der Waals surface area contributed by atoms with Gasteiger partial charge < -0.3 is 10.4 Å². The number of nitrogens with zero attached hydrogens (tertiary/aromatic N) is 1. The summed E-state index contributed by atoms with van der Waals surface area (Å²) >= 11 is 0. The van der Waals surface area contributed by atoms with Crippen LogP contribution in [0.3, 0.4) is 0 Å². The Morgan fingerprint density at radius 1 is 1.30 bits per heavy atom. The molecular weight excluding hydrogens is 300 g/mol. The molecule has 0 bridgehead atoms. The van der Waals surface area contributed by atoms with Crippen LogP contribution in [0.4, 0.5) is 5.69 Å². The minimum absolute atomic E-state index is 0.000971. The predicted octanol–water partition coefficient (Wildman–Crippen LogP) is 2.43. The van der Waals surface area contributed by atoms with Crippen molar-refractivity contribution < 1.29 is 19.6 Å². The molecule has 0 atom stereocenters. The Morgan fingerprint density at radius 3 is 2.61 bits per heavy atom. The molecule has 7 heteroatoms. The van der Waals surface area contributed by atoms with Crippen LogP contribution in [0.5, 0.6) is 0 Å². The molecule has 1 aromatic carbocycles. The lowest BCUT2D eigenvalue weighted by molar-refractivity contribution is -0.384. The van der Waals surface area contributed by atoms with Crippen molar-refractivity contribution >= 4 is 17.6 Å². The van der Waals surface area contributed by atoms with Gasteiger partial charge in [-0.2, -0.15) is 0 Å². The van der Waals surface area contributed by atoms with Crippen LogP contribution in [-0.4, -0.2) is 27.4 Å². The van der Waals surface area contributed by atoms with Gasteiger partial charge >= 0.3 is 5.97 Å². The van der Waals surface area contributed by atoms with E-state index in [4.69, 9.17) is 5.11 Å². The van der Waals surface area contributed by atoms with Crippen LogP contribution in [0.1, 0.15) is 44.1 Å². The molecule has 7 nitrogen and oxygen atoms in total. The fourth-order valence-electron chi connectivity index (χ4n) is 3.13. The Morgan fingerprint density at radius 2 is 2.00 bits per heavy atom. The molecule has 2 N–H and O–H groups in total. The second kappa shape index (κ2) is 7.21. The zero-order valence-electron chi connectivity index (χ0n) is 12.8. The van der Waals surface area contributed by atoms with E-state index in [1.807, 2.05) is 0 Å². The maximum Gasteiger partial charge on any atom is 0.305 e. The van der Waals surface area contributed by atoms with Crippen molar-refractivity contribution in [3.8, 4) is 0 Å². The number of carbonyl (C=O) groups excluding carboxylic acids is 1. The van der Waals surface area contributed by atoms with Gasteiger partial charge in [0, 0.05) is 18.6 Å². The molecular formula is C16H20N2O5. The fraction of sp³-hybridized carbons (Fsp3) is 0.500. The van der Waals surface area contributed by atoms with E-state index in [9.17, 15) is 19.7 Å². The number of rotatable bonds is 7. The number of aliphatic carboxylic acids is 1. The number of carboxylic acid groups (broad SMARTS) is 1. The molecule has 1 fully saturated rings. The van der Waals surface area contributed by atoms with E-state index in [2.05, 4.69) is 5.32 Å². The maximum absolute atomic E-state index is 12.1. The van der Waals surface area contributed by atoms with E-state index in [-0.39, 0.29) is 24.4 Å². The second-order valence-electron chi connectivity index (χ2n) is 6.03. The van der Waals surface area contributed by atoms with Crippen LogP contribution in [-0.2, 0) is 16.0 Å². The van der Waals surface area contributed by atoms with Crippen LogP contribution in [0.2, 0.25) is 0 Å². The second-order valence-corrected chi connectivity index (χ2v) is 6.03. The van der Waals surface area contributed by atoms with Crippen molar-refractivity contribution in [2.24, 2.45) is 0 Å². The van der Waals surface area contributed by atoms with E-state index in [0.717, 1.165) is 12.8 Å². The number of nitrogens with one attached hydrogen (secondary N) is 1. The molecule has 1 aliphatic rings. The fourth-order valence-corrected chi connectivity index (χ4v) is 3.13. The Balaban J connectivity index is 1.92. The predicted molar refractivity (Wildman–Crippen MR) is 83.0 cm³/mol. The standard InChI is InChI=1S/C16H20N2O5/c19-14(17-16(11-15(20)21)8-1-2-9-16)7-6-12-4-3-5-13(10-12)18(22)23/h3-5,10H,1-2,6-9,11H2,(H,17,19)(H,20,21). The Hall–Kier alpha value is -2.44. The largest absolute Gasteiger partial charge is 0.481 e. The Bertz CT molecular complexity index is 608. The SMILES string of the molecule is O=C(O)CC1(NC(=O)CCc2cccc([N+](=O)[O-])c2)CCCC1. The number of nitro groups is 1. The third-order valence-corrected chi connectivity index (χ3v) is 4.22. The highest BCUT2D eigenvalue weighted by Gasteiger charge is 2.37. The number of non-ortho nitro benzene ring substituents is 1. The topological polar surface area (TPSA) is 110 Å². The summed E-state index contributed by atoms with van der Waals surface area (Å²) in [6, 6.07) is 6.19. The highest BCUT2D eigenvalue weighted by atomic mass is 16.6. The zero-order valence-corrected chi connectivity index (χ0v) is 12.8. The lowest BCUT2D eigenvalue weighted by Gasteiger charge is -2.28. The maximum atomic E-state index is 12.1. The average molecular weight is 320 g/mol. The number of carbonyl (C=O) groups is 2. The average Bonchev–Trinajstić information content (AvgIpc) is 2.92. The summed E-state index contributed by atoms with van der Waals surface area (Å²) in [7, 11) is 0. The highest BCUT2D eigenvalue weighted by molar-refractivity contribution is 5.78. The minimum atomic E-state index is -0.911. The van der Waals surface area contributed by atoms with Gasteiger partial charge in [0.15, 0.2) is 0 Å². The summed E-state index contributed by atoms with van der Waals surface area (Å²) < 4.78 is 0. The van der Waals surface area contributed by atoms with Crippen molar-refractivity contribution in [1.29, 1.82) is 0 Å². The lowest BCUT2D eigenvalue weighted by atomic mass is 9.93. The number of hydrogen-bond donors (Lipinski definition) is 2. The molecule has 0 unspecified atom stereocenters. The summed E-state index contributed by atoms with van der Waals surface area (Å²) in [5.74, 6) is -1.12. The minimum Gasteiger partial charge on any atom is -0.481 e. The quantitative estimate of drug-likeness (QED) is 0.592. The Labute approximate surface area is 133 Å². The van der Waals surface area contributed by atoms with Gasteiger partial charge in [0.05, 0.1) is 16.9 Å². The van der Waals surface area contributed by atoms with E-state index in [1.165, 1.54) is 12.1 Å². The molecule has 0 radical (unpaired) electrons. The van der Waals surface area contributed by atoms with Gasteiger partial charge in [-0.15, -0.1) is 0 Å². The van der Waals surface area contributed by atoms with Gasteiger partial charge in [-0.05, 0) is 24.8 Å². The van der Waals surface area contributed by atoms with Gasteiger partial charge in [0.1, 0.15) is 0 Å². The van der Waals surface area contributed by atoms with Crippen LogP contribution in [0.25, 0.3) is 0 Å². The van der Waals surface area contributed by atoms with Gasteiger partial charge in [0.25, 0.3) is 5.69 Å². The highest BCUT2D eigenvalue weighted by Crippen LogP contribution is 2.32. The molecule has 124 valence electrons. The summed E-state index contributed by atoms with van der Waals surface area (Å²) in [6.07, 6.45) is 3.70. The van der Waals surface area contributed by atoms with Crippen molar-refractivity contribution in [1.82, 2.24) is 5.32 Å². The number of nitro benzene ring substituents is 1. The number of carboxylic acids is 1. The van der Waals surface area contributed by atoms with Crippen molar-refractivity contribution in [3.05, 3.63) is 39.9 Å². The van der Waals surface area contributed by atoms with Crippen LogP contribution >= 0.6 is 0 Å². The number of benzene rings is 1. The van der Waals surface area contributed by atoms with E-state index >= 15 is 0 Å². The first-order valence-corrected chi connectivity index (χ1v) is 7.66. The lowest BCUT2D eigenvalue weighted by Crippen LogP contribution is -2.47. The summed E-state index contributed by atoms with van der Waals surface area (Å²) in [5.41, 5.74) is 0.0834. The third kappa shape index (κ3) is 4.77. The summed E-state index contributed by atoms with van der Waals surface area (Å²) in [5, 5.41) is 22.6. The number of aryl methyl sites for hydroxylation is 1. The van der Waals surface area contributed by atoms with Gasteiger partial charge in [0.2, 0.25) is 5.91 Å². The summed E-state index contributed by atoms with van der Waals surface area (Å²) in [6.45, 7) is 0. The van der Waals surface area contributed by atoms with E-state index < -0.39 is 16.4 Å². The number of hydrogen-bond acceptors (Lipinski definition) is 4. The molecule has 0 aliphatic heterocycles. The van der Waals surface area contributed by atoms with Gasteiger partial charge in [-0.3, -0.25) is 19.7 Å².